The Labute approximate surface area is 105 Å². The SMILES string of the molecule is O=C(c1ccc(Cl)cn1)c1ccc(F)c(F)c1F. The molecule has 1 aromatic heterocycles. The lowest BCUT2D eigenvalue weighted by Gasteiger charge is -2.03. The van der Waals surface area contributed by atoms with Gasteiger partial charge in [-0.25, -0.2) is 13.2 Å². The molecule has 0 saturated heterocycles. The molecule has 2 nitrogen and oxygen atoms in total. The lowest BCUT2D eigenvalue weighted by atomic mass is 10.1. The van der Waals surface area contributed by atoms with Crippen LogP contribution in [-0.4, -0.2) is 10.8 Å². The van der Waals surface area contributed by atoms with Gasteiger partial charge < -0.3 is 0 Å². The minimum atomic E-state index is -1.69. The maximum Gasteiger partial charge on any atom is 0.214 e. The highest BCUT2D eigenvalue weighted by Crippen LogP contribution is 2.18. The smallest absolute Gasteiger partial charge is 0.214 e. The first-order valence-electron chi connectivity index (χ1n) is 4.80. The van der Waals surface area contributed by atoms with Gasteiger partial charge in [0.25, 0.3) is 0 Å². The highest BCUT2D eigenvalue weighted by Gasteiger charge is 2.20. The molecule has 2 rings (SSSR count). The Hall–Kier alpha value is -1.88. The number of halogens is 4. The fourth-order valence-electron chi connectivity index (χ4n) is 1.35. The minimum absolute atomic E-state index is 0.107. The third-order valence-corrected chi connectivity index (χ3v) is 2.46. The van der Waals surface area contributed by atoms with Gasteiger partial charge in [-0.05, 0) is 24.3 Å². The van der Waals surface area contributed by atoms with Crippen molar-refractivity contribution in [2.45, 2.75) is 0 Å². The summed E-state index contributed by atoms with van der Waals surface area (Å²) in [6.07, 6.45) is 1.20. The number of rotatable bonds is 2. The monoisotopic (exact) mass is 271 g/mol. The number of ketones is 1. The van der Waals surface area contributed by atoms with Gasteiger partial charge in [0.1, 0.15) is 5.69 Å². The van der Waals surface area contributed by atoms with Crippen molar-refractivity contribution >= 4 is 17.4 Å². The molecule has 18 heavy (non-hydrogen) atoms. The zero-order valence-corrected chi connectivity index (χ0v) is 9.51. The van der Waals surface area contributed by atoms with Crippen LogP contribution in [0.2, 0.25) is 5.02 Å². The molecule has 6 heteroatoms. The van der Waals surface area contributed by atoms with Gasteiger partial charge in [-0.15, -0.1) is 0 Å². The molecule has 0 amide bonds. The molecule has 0 fully saturated rings. The van der Waals surface area contributed by atoms with E-state index in [-0.39, 0.29) is 5.69 Å². The van der Waals surface area contributed by atoms with Crippen molar-refractivity contribution in [3.05, 3.63) is 64.2 Å². The summed E-state index contributed by atoms with van der Waals surface area (Å²) in [6, 6.07) is 4.21. The van der Waals surface area contributed by atoms with Crippen LogP contribution in [-0.2, 0) is 0 Å². The number of nitrogens with zero attached hydrogens (tertiary/aromatic N) is 1. The molecule has 0 aliphatic heterocycles. The summed E-state index contributed by atoms with van der Waals surface area (Å²) in [4.78, 5) is 15.5. The van der Waals surface area contributed by atoms with E-state index in [1.165, 1.54) is 18.3 Å². The number of benzene rings is 1. The lowest BCUT2D eigenvalue weighted by molar-refractivity contribution is 0.102. The highest BCUT2D eigenvalue weighted by molar-refractivity contribution is 6.30. The summed E-state index contributed by atoms with van der Waals surface area (Å²) in [5.74, 6) is -5.41. The molecule has 92 valence electrons. The second-order valence-electron chi connectivity index (χ2n) is 3.41. The first-order valence-corrected chi connectivity index (χ1v) is 5.18. The van der Waals surface area contributed by atoms with Gasteiger partial charge >= 0.3 is 0 Å². The number of carbonyl (C=O) groups is 1. The molecule has 0 N–H and O–H groups in total. The largest absolute Gasteiger partial charge is 0.287 e. The van der Waals surface area contributed by atoms with E-state index in [4.69, 9.17) is 11.6 Å². The van der Waals surface area contributed by atoms with E-state index in [9.17, 15) is 18.0 Å². The first kappa shape index (κ1) is 12.6. The van der Waals surface area contributed by atoms with E-state index >= 15 is 0 Å². The predicted octanol–water partition coefficient (Wildman–Crippen LogP) is 3.38. The molecule has 1 heterocycles. The van der Waals surface area contributed by atoms with E-state index in [0.29, 0.717) is 11.1 Å². The van der Waals surface area contributed by atoms with Gasteiger partial charge in [0.05, 0.1) is 10.6 Å². The molecule has 0 unspecified atom stereocenters. The van der Waals surface area contributed by atoms with Crippen LogP contribution in [0.3, 0.4) is 0 Å². The summed E-state index contributed by atoms with van der Waals surface area (Å²) < 4.78 is 39.1. The van der Waals surface area contributed by atoms with Gasteiger partial charge in [0, 0.05) is 6.20 Å². The maximum absolute atomic E-state index is 13.4. The van der Waals surface area contributed by atoms with Crippen LogP contribution in [0.15, 0.2) is 30.5 Å². The second kappa shape index (κ2) is 4.78. The number of pyridine rings is 1. The fraction of sp³-hybridized carbons (Fsp3) is 0. The minimum Gasteiger partial charge on any atom is -0.287 e. The summed E-state index contributed by atoms with van der Waals surface area (Å²) in [6.45, 7) is 0. The molecule has 1 aromatic carbocycles. The third-order valence-electron chi connectivity index (χ3n) is 2.24. The predicted molar refractivity (Wildman–Crippen MR) is 59.0 cm³/mol. The standard InChI is InChI=1S/C12H5ClF3NO/c13-6-1-4-9(17-5-6)12(18)7-2-3-8(14)11(16)10(7)15/h1-5H. The van der Waals surface area contributed by atoms with E-state index < -0.39 is 28.8 Å². The van der Waals surface area contributed by atoms with E-state index in [0.717, 1.165) is 6.07 Å². The molecule has 0 radical (unpaired) electrons. The van der Waals surface area contributed by atoms with Crippen LogP contribution in [0.1, 0.15) is 16.1 Å². The van der Waals surface area contributed by atoms with Crippen LogP contribution >= 0.6 is 11.6 Å². The zero-order valence-electron chi connectivity index (χ0n) is 8.75. The number of hydrogen-bond acceptors (Lipinski definition) is 2. The first-order chi connectivity index (χ1) is 8.50. The number of hydrogen-bond donors (Lipinski definition) is 0. The lowest BCUT2D eigenvalue weighted by Crippen LogP contribution is -2.08. The normalized spacial score (nSPS) is 10.4. The van der Waals surface area contributed by atoms with E-state index in [1.54, 1.807) is 0 Å². The number of carbonyl (C=O) groups excluding carboxylic acids is 1. The molecular weight excluding hydrogens is 267 g/mol. The van der Waals surface area contributed by atoms with Crippen molar-refractivity contribution in [2.24, 2.45) is 0 Å². The van der Waals surface area contributed by atoms with Crippen LogP contribution in [0.25, 0.3) is 0 Å². The molecule has 0 aliphatic carbocycles. The van der Waals surface area contributed by atoms with E-state index in [1.807, 2.05) is 0 Å². The number of aromatic nitrogens is 1. The van der Waals surface area contributed by atoms with Gasteiger partial charge in [0.15, 0.2) is 17.5 Å². The van der Waals surface area contributed by atoms with Crippen molar-refractivity contribution in [1.29, 1.82) is 0 Å². The van der Waals surface area contributed by atoms with Crippen LogP contribution in [0.5, 0.6) is 0 Å². The summed E-state index contributed by atoms with van der Waals surface area (Å²) in [5.41, 5.74) is -0.687. The highest BCUT2D eigenvalue weighted by atomic mass is 35.5. The van der Waals surface area contributed by atoms with Crippen molar-refractivity contribution in [3.8, 4) is 0 Å². The van der Waals surface area contributed by atoms with Crippen LogP contribution in [0, 0.1) is 17.5 Å². The average Bonchev–Trinajstić information content (AvgIpc) is 2.36. The Morgan fingerprint density at radius 2 is 1.78 bits per heavy atom. The Bertz CT molecular complexity index is 613. The molecule has 0 bridgehead atoms. The summed E-state index contributed by atoms with van der Waals surface area (Å²) >= 11 is 5.58. The molecule has 0 saturated carbocycles. The van der Waals surface area contributed by atoms with Crippen molar-refractivity contribution in [1.82, 2.24) is 4.98 Å². The summed E-state index contributed by atoms with van der Waals surface area (Å²) in [7, 11) is 0. The van der Waals surface area contributed by atoms with Crippen molar-refractivity contribution < 1.29 is 18.0 Å². The molecule has 2 aromatic rings. The molecule has 0 spiro atoms. The Morgan fingerprint density at radius 1 is 1.06 bits per heavy atom. The van der Waals surface area contributed by atoms with E-state index in [2.05, 4.69) is 4.98 Å². The summed E-state index contributed by atoms with van der Waals surface area (Å²) in [5, 5.41) is 0.303. The Morgan fingerprint density at radius 3 is 2.39 bits per heavy atom. The average molecular weight is 272 g/mol. The quantitative estimate of drug-likeness (QED) is 0.619. The van der Waals surface area contributed by atoms with Gasteiger partial charge in [-0.2, -0.15) is 0 Å². The van der Waals surface area contributed by atoms with Crippen molar-refractivity contribution in [3.63, 3.8) is 0 Å². The van der Waals surface area contributed by atoms with Crippen molar-refractivity contribution in [2.75, 3.05) is 0 Å². The Kier molecular flexibility index (Phi) is 3.34. The van der Waals surface area contributed by atoms with Gasteiger partial charge in [0.2, 0.25) is 5.78 Å². The zero-order chi connectivity index (χ0) is 13.3. The second-order valence-corrected chi connectivity index (χ2v) is 3.85. The topological polar surface area (TPSA) is 30.0 Å². The third kappa shape index (κ3) is 2.22. The van der Waals surface area contributed by atoms with Gasteiger partial charge in [-0.1, -0.05) is 11.6 Å². The fourth-order valence-corrected chi connectivity index (χ4v) is 1.46. The Balaban J connectivity index is 2.46. The molecule has 0 atom stereocenters. The van der Waals surface area contributed by atoms with Gasteiger partial charge in [-0.3, -0.25) is 9.78 Å². The molecular formula is C12H5ClF3NO. The molecule has 0 aliphatic rings. The van der Waals surface area contributed by atoms with Crippen LogP contribution in [0.4, 0.5) is 13.2 Å². The van der Waals surface area contributed by atoms with Crippen LogP contribution < -0.4 is 0 Å². The maximum atomic E-state index is 13.4.